The molecule has 3 heteroatoms. The van der Waals surface area contributed by atoms with Gasteiger partial charge in [0.25, 0.3) is 4.55 Å². The van der Waals surface area contributed by atoms with Crippen molar-refractivity contribution in [2.45, 2.75) is 44.0 Å². The molecule has 16 heavy (non-hydrogen) atoms. The van der Waals surface area contributed by atoms with Gasteiger partial charge in [-0.25, -0.2) is 0 Å². The van der Waals surface area contributed by atoms with E-state index in [0.717, 1.165) is 0 Å². The Kier molecular flexibility index (Phi) is 9.08. The van der Waals surface area contributed by atoms with Gasteiger partial charge in [-0.2, -0.15) is 0 Å². The second-order valence-corrected chi connectivity index (χ2v) is 10.4. The van der Waals surface area contributed by atoms with E-state index in [1.807, 2.05) is 27.8 Å². The molecule has 0 atom stereocenters. The number of benzene rings is 1. The van der Waals surface area contributed by atoms with Gasteiger partial charge in [-0.1, -0.05) is 44.8 Å². The number of nitrogens with one attached hydrogen (secondary N) is 1. The Balaban J connectivity index is 0.000000385. The van der Waals surface area contributed by atoms with Crippen LogP contribution in [0.1, 0.15) is 19.8 Å². The fourth-order valence-electron chi connectivity index (χ4n) is 1.20. The standard InChI is InChI=1S/C9H15NSi.C4H9.Mg/c1-11(2,3)10-9-7-5-4-6-8-9;1-3-4-2;/h4-8,10H,1-3H3;1,3-4H2,2H3;/q;;+2. The van der Waals surface area contributed by atoms with Gasteiger partial charge in [-0.05, 0) is 18.6 Å². The summed E-state index contributed by atoms with van der Waals surface area (Å²) in [6.07, 6.45) is 2.75. The third-order valence-corrected chi connectivity index (χ3v) is 3.44. The van der Waals surface area contributed by atoms with Crippen LogP contribution in [0.3, 0.4) is 0 Å². The van der Waals surface area contributed by atoms with E-state index in [1.165, 1.54) is 23.1 Å². The van der Waals surface area contributed by atoms with E-state index in [9.17, 15) is 0 Å². The molecular formula is C13H24MgNSi+2. The average molecular weight is 247 g/mol. The molecule has 0 aliphatic heterocycles. The maximum atomic E-state index is 3.52. The molecule has 0 aromatic heterocycles. The van der Waals surface area contributed by atoms with Crippen LogP contribution in [-0.2, 0) is 0 Å². The Morgan fingerprint density at radius 1 is 1.12 bits per heavy atom. The maximum Gasteiger partial charge on any atom is 1.41 e. The van der Waals surface area contributed by atoms with Gasteiger partial charge >= 0.3 is 21.7 Å². The molecule has 0 aliphatic rings. The van der Waals surface area contributed by atoms with Crippen LogP contribution in [0.5, 0.6) is 0 Å². The van der Waals surface area contributed by atoms with Crippen LogP contribution in [0.15, 0.2) is 30.3 Å². The molecule has 0 spiro atoms. The molecule has 0 unspecified atom stereocenters. The molecule has 0 amide bonds. The zero-order valence-electron chi connectivity index (χ0n) is 11.2. The fraction of sp³-hybridized carbons (Fsp3) is 0.538. The van der Waals surface area contributed by atoms with Crippen molar-refractivity contribution in [3.05, 3.63) is 30.3 Å². The normalized spacial score (nSPS) is 10.3. The number of unbranched alkanes of at least 4 members (excludes halogenated alkanes) is 1. The summed E-state index contributed by atoms with van der Waals surface area (Å²) in [4.78, 5) is 3.52. The van der Waals surface area contributed by atoms with Crippen LogP contribution < -0.4 is 4.98 Å². The highest BCUT2D eigenvalue weighted by atomic mass is 28.3. The molecular weight excluding hydrogens is 223 g/mol. The minimum Gasteiger partial charge on any atom is -0.411 e. The first-order valence-electron chi connectivity index (χ1n) is 6.12. The molecule has 0 bridgehead atoms. The van der Waals surface area contributed by atoms with E-state index >= 15 is 0 Å². The Hall–Kier alpha value is 0.00312. The smallest absolute Gasteiger partial charge is 0.411 e. The third-order valence-electron chi connectivity index (χ3n) is 1.90. The molecule has 1 aromatic carbocycles. The largest absolute Gasteiger partial charge is 1.41 e. The van der Waals surface area contributed by atoms with Gasteiger partial charge in [0, 0.05) is 12.1 Å². The van der Waals surface area contributed by atoms with E-state index in [-0.39, 0.29) is 0 Å². The molecule has 1 nitrogen and oxygen atoms in total. The van der Waals surface area contributed by atoms with Crippen LogP contribution in [0.25, 0.3) is 0 Å². The summed E-state index contributed by atoms with van der Waals surface area (Å²) in [6.45, 7) is 9.09. The highest BCUT2D eigenvalue weighted by Gasteiger charge is 2.19. The average Bonchev–Trinajstić information content (AvgIpc) is 2.19. The maximum absolute atomic E-state index is 3.52. The molecule has 1 N–H and O–H groups in total. The van der Waals surface area contributed by atoms with Gasteiger partial charge < -0.3 is 4.98 Å². The Morgan fingerprint density at radius 2 is 1.69 bits per heavy atom. The SMILES string of the molecule is CCC[CH2][Mg+2].C[Si](C)(C)Nc1ccccc1. The number of hydrogen-bond donors (Lipinski definition) is 1. The molecule has 85 valence electrons. The molecule has 0 saturated carbocycles. The lowest BCUT2D eigenvalue weighted by Crippen LogP contribution is -2.31. The van der Waals surface area contributed by atoms with E-state index in [1.54, 1.807) is 0 Å². The highest BCUT2D eigenvalue weighted by Crippen LogP contribution is 2.10. The van der Waals surface area contributed by atoms with Crippen LogP contribution >= 0.6 is 0 Å². The third kappa shape index (κ3) is 10.5. The van der Waals surface area contributed by atoms with Gasteiger partial charge in [0.2, 0.25) is 0 Å². The molecule has 0 saturated heterocycles. The van der Waals surface area contributed by atoms with Crippen LogP contribution in [0, 0.1) is 0 Å². The van der Waals surface area contributed by atoms with Gasteiger partial charge in [0.15, 0.2) is 0 Å². The van der Waals surface area contributed by atoms with E-state index in [2.05, 4.69) is 55.8 Å². The molecule has 0 aliphatic carbocycles. The molecule has 1 rings (SSSR count). The molecule has 0 heterocycles. The summed E-state index contributed by atoms with van der Waals surface area (Å²) in [5, 5.41) is 0. The lowest BCUT2D eigenvalue weighted by atomic mass is 10.3. The summed E-state index contributed by atoms with van der Waals surface area (Å²) < 4.78 is 1.37. The second kappa shape index (κ2) is 9.08. The zero-order chi connectivity index (χ0) is 12.4. The summed E-state index contributed by atoms with van der Waals surface area (Å²) in [5.41, 5.74) is 1.24. The van der Waals surface area contributed by atoms with Crippen molar-refractivity contribution < 1.29 is 0 Å². The van der Waals surface area contributed by atoms with Gasteiger partial charge in [0.05, 0.1) is 0 Å². The first-order valence-corrected chi connectivity index (χ1v) is 10.6. The van der Waals surface area contributed by atoms with Crippen molar-refractivity contribution in [3.8, 4) is 0 Å². The van der Waals surface area contributed by atoms with Crippen molar-refractivity contribution in [1.29, 1.82) is 0 Å². The van der Waals surface area contributed by atoms with Crippen LogP contribution in [0.4, 0.5) is 5.69 Å². The quantitative estimate of drug-likeness (QED) is 0.781. The molecule has 0 fully saturated rings. The van der Waals surface area contributed by atoms with E-state index < -0.39 is 8.24 Å². The predicted octanol–water partition coefficient (Wildman–Crippen LogP) is 4.31. The number of rotatable bonds is 4. The van der Waals surface area contributed by atoms with Crippen molar-refractivity contribution >= 4 is 35.6 Å². The van der Waals surface area contributed by atoms with Crippen molar-refractivity contribution in [1.82, 2.24) is 0 Å². The monoisotopic (exact) mass is 246 g/mol. The van der Waals surface area contributed by atoms with Crippen LogP contribution in [-0.4, -0.2) is 29.9 Å². The number of para-hydroxylation sites is 1. The molecule has 1 aromatic rings. The second-order valence-electron chi connectivity index (χ2n) is 4.95. The minimum absolute atomic E-state index is 1.15. The topological polar surface area (TPSA) is 12.0 Å². The zero-order valence-corrected chi connectivity index (χ0v) is 13.6. The first-order chi connectivity index (χ1) is 7.49. The summed E-state index contributed by atoms with van der Waals surface area (Å²) in [7, 11) is -1.15. The van der Waals surface area contributed by atoms with Gasteiger partial charge in [0.1, 0.15) is 8.24 Å². The summed E-state index contributed by atoms with van der Waals surface area (Å²) >= 11 is 2.05. The minimum atomic E-state index is -1.15. The van der Waals surface area contributed by atoms with Crippen LogP contribution in [0.2, 0.25) is 24.2 Å². The van der Waals surface area contributed by atoms with Crippen molar-refractivity contribution in [3.63, 3.8) is 0 Å². The van der Waals surface area contributed by atoms with Gasteiger partial charge in [-0.3, -0.25) is 0 Å². The molecule has 7 radical (unpaired) electrons. The Labute approximate surface area is 115 Å². The Bertz CT molecular complexity index is 254. The Morgan fingerprint density at radius 3 is 2.00 bits per heavy atom. The van der Waals surface area contributed by atoms with Gasteiger partial charge in [-0.15, -0.1) is 0 Å². The fourth-order valence-corrected chi connectivity index (χ4v) is 2.74. The summed E-state index contributed by atoms with van der Waals surface area (Å²) in [5.74, 6) is 0. The van der Waals surface area contributed by atoms with E-state index in [4.69, 9.17) is 0 Å². The lowest BCUT2D eigenvalue weighted by molar-refractivity contribution is 0.884. The predicted molar refractivity (Wildman–Crippen MR) is 78.9 cm³/mol. The number of anilines is 1. The van der Waals surface area contributed by atoms with E-state index in [0.29, 0.717) is 0 Å². The highest BCUT2D eigenvalue weighted by molar-refractivity contribution is 6.79. The number of hydrogen-bond acceptors (Lipinski definition) is 1. The van der Waals surface area contributed by atoms with Crippen molar-refractivity contribution in [2.24, 2.45) is 0 Å². The van der Waals surface area contributed by atoms with Crippen molar-refractivity contribution in [2.75, 3.05) is 4.98 Å². The first kappa shape index (κ1) is 16.0. The summed E-state index contributed by atoms with van der Waals surface area (Å²) in [6, 6.07) is 10.4. The lowest BCUT2D eigenvalue weighted by Gasteiger charge is -2.19.